The maximum Gasteiger partial charge on any atom is 0.175 e. The van der Waals surface area contributed by atoms with E-state index < -0.39 is 0 Å². The Balaban J connectivity index is 2.11. The van der Waals surface area contributed by atoms with E-state index in [0.29, 0.717) is 10.9 Å². The van der Waals surface area contributed by atoms with Crippen molar-refractivity contribution in [1.29, 1.82) is 0 Å². The van der Waals surface area contributed by atoms with E-state index in [1.807, 2.05) is 12.3 Å². The quantitative estimate of drug-likeness (QED) is 0.737. The first-order valence-corrected chi connectivity index (χ1v) is 6.91. The highest BCUT2D eigenvalue weighted by molar-refractivity contribution is 14.1. The average molecular weight is 348 g/mol. The van der Waals surface area contributed by atoms with Gasteiger partial charge < -0.3 is 0 Å². The molecular formula is C11H11ClIN3. The van der Waals surface area contributed by atoms with Crippen LogP contribution in [0.15, 0.2) is 12.3 Å². The maximum atomic E-state index is 6.22. The molecule has 1 aliphatic carbocycles. The fraction of sp³-hybridized carbons (Fsp3) is 0.455. The fourth-order valence-electron chi connectivity index (χ4n) is 2.27. The highest BCUT2D eigenvalue weighted by Crippen LogP contribution is 2.33. The molecule has 3 nitrogen and oxygen atoms in total. The molecule has 2 heterocycles. The predicted octanol–water partition coefficient (Wildman–Crippen LogP) is 3.64. The molecule has 0 unspecified atom stereocenters. The molecule has 0 aliphatic heterocycles. The predicted molar refractivity (Wildman–Crippen MR) is 71.9 cm³/mol. The first kappa shape index (κ1) is 10.8. The molecule has 16 heavy (non-hydrogen) atoms. The number of rotatable bonds is 1. The molecule has 1 aliphatic rings. The summed E-state index contributed by atoms with van der Waals surface area (Å²) in [5.41, 5.74) is 0.787. The number of halogens is 2. The van der Waals surface area contributed by atoms with E-state index in [1.54, 1.807) is 4.52 Å². The van der Waals surface area contributed by atoms with Crippen molar-refractivity contribution in [2.45, 2.75) is 31.6 Å². The summed E-state index contributed by atoms with van der Waals surface area (Å²) in [4.78, 5) is 4.57. The van der Waals surface area contributed by atoms with Gasteiger partial charge in [-0.05, 0) is 41.5 Å². The molecule has 2 aromatic rings. The Bertz CT molecular complexity index is 531. The van der Waals surface area contributed by atoms with Gasteiger partial charge in [0.25, 0.3) is 0 Å². The molecule has 0 saturated heterocycles. The molecule has 3 rings (SSSR count). The van der Waals surface area contributed by atoms with Crippen LogP contribution >= 0.6 is 34.2 Å². The van der Waals surface area contributed by atoms with Crippen LogP contribution in [0.5, 0.6) is 0 Å². The van der Waals surface area contributed by atoms with E-state index in [4.69, 9.17) is 11.6 Å². The van der Waals surface area contributed by atoms with Crippen LogP contribution in [0.3, 0.4) is 0 Å². The largest absolute Gasteiger partial charge is 0.219 e. The van der Waals surface area contributed by atoms with E-state index in [-0.39, 0.29) is 0 Å². The van der Waals surface area contributed by atoms with Crippen molar-refractivity contribution in [2.24, 2.45) is 0 Å². The molecule has 5 heteroatoms. The van der Waals surface area contributed by atoms with Gasteiger partial charge in [-0.15, -0.1) is 0 Å². The van der Waals surface area contributed by atoms with Crippen molar-refractivity contribution >= 4 is 39.8 Å². The summed E-state index contributed by atoms with van der Waals surface area (Å²) in [7, 11) is 0. The molecular weight excluding hydrogens is 336 g/mol. The molecule has 0 amide bonds. The number of nitrogens with zero attached hydrogens (tertiary/aromatic N) is 3. The molecule has 0 atom stereocenters. The van der Waals surface area contributed by atoms with Gasteiger partial charge in [-0.1, -0.05) is 24.4 Å². The maximum absolute atomic E-state index is 6.22. The van der Waals surface area contributed by atoms with E-state index in [2.05, 4.69) is 32.7 Å². The lowest BCUT2D eigenvalue weighted by Gasteiger charge is -2.00. The normalized spacial score (nSPS) is 17.4. The van der Waals surface area contributed by atoms with Gasteiger partial charge in [-0.2, -0.15) is 5.10 Å². The van der Waals surface area contributed by atoms with Crippen LogP contribution in [0.25, 0.3) is 5.65 Å². The Morgan fingerprint density at radius 2 is 2.12 bits per heavy atom. The summed E-state index contributed by atoms with van der Waals surface area (Å²) < 4.78 is 2.81. The zero-order valence-corrected chi connectivity index (χ0v) is 11.6. The van der Waals surface area contributed by atoms with Crippen molar-refractivity contribution in [1.82, 2.24) is 14.6 Å². The second-order valence-corrected chi connectivity index (χ2v) is 5.74. The SMILES string of the molecule is Clc1c(I)ccn2nc(C3CCCC3)nc12. The third-order valence-corrected chi connectivity index (χ3v) is 4.73. The van der Waals surface area contributed by atoms with Gasteiger partial charge in [-0.25, -0.2) is 9.50 Å². The first-order chi connectivity index (χ1) is 7.75. The van der Waals surface area contributed by atoms with Crippen molar-refractivity contribution in [3.05, 3.63) is 26.7 Å². The van der Waals surface area contributed by atoms with E-state index >= 15 is 0 Å². The van der Waals surface area contributed by atoms with Crippen LogP contribution in [-0.4, -0.2) is 14.6 Å². The van der Waals surface area contributed by atoms with E-state index in [1.165, 1.54) is 25.7 Å². The van der Waals surface area contributed by atoms with Crippen LogP contribution < -0.4 is 0 Å². The highest BCUT2D eigenvalue weighted by Gasteiger charge is 2.22. The molecule has 2 aromatic heterocycles. The van der Waals surface area contributed by atoms with Gasteiger partial charge in [0.2, 0.25) is 0 Å². The Morgan fingerprint density at radius 3 is 2.88 bits per heavy atom. The van der Waals surface area contributed by atoms with Crippen LogP contribution in [0.4, 0.5) is 0 Å². The zero-order chi connectivity index (χ0) is 11.1. The summed E-state index contributed by atoms with van der Waals surface area (Å²) in [5, 5.41) is 5.22. The Morgan fingerprint density at radius 1 is 1.38 bits per heavy atom. The molecule has 0 N–H and O–H groups in total. The molecule has 0 radical (unpaired) electrons. The Labute approximate surface area is 112 Å². The first-order valence-electron chi connectivity index (χ1n) is 5.46. The molecule has 0 bridgehead atoms. The molecule has 0 aromatic carbocycles. The lowest BCUT2D eigenvalue weighted by Crippen LogP contribution is -1.95. The molecule has 0 spiro atoms. The summed E-state index contributed by atoms with van der Waals surface area (Å²) in [6.07, 6.45) is 6.95. The smallest absolute Gasteiger partial charge is 0.175 e. The third kappa shape index (κ3) is 1.72. The van der Waals surface area contributed by atoms with Gasteiger partial charge in [0.15, 0.2) is 11.5 Å². The standard InChI is InChI=1S/C11H11ClIN3/c12-9-8(13)5-6-16-11(9)14-10(15-16)7-3-1-2-4-7/h5-7H,1-4H2. The lowest BCUT2D eigenvalue weighted by atomic mass is 10.1. The lowest BCUT2D eigenvalue weighted by molar-refractivity contribution is 0.666. The van der Waals surface area contributed by atoms with Crippen LogP contribution in [-0.2, 0) is 0 Å². The van der Waals surface area contributed by atoms with E-state index in [0.717, 1.165) is 15.0 Å². The average Bonchev–Trinajstić information content (AvgIpc) is 2.91. The second-order valence-electron chi connectivity index (χ2n) is 4.20. The fourth-order valence-corrected chi connectivity index (χ4v) is 2.86. The minimum atomic E-state index is 0.536. The summed E-state index contributed by atoms with van der Waals surface area (Å²) in [6, 6.07) is 1.96. The van der Waals surface area contributed by atoms with Crippen molar-refractivity contribution in [3.8, 4) is 0 Å². The van der Waals surface area contributed by atoms with Gasteiger partial charge >= 0.3 is 0 Å². The number of pyridine rings is 1. The molecule has 84 valence electrons. The van der Waals surface area contributed by atoms with Crippen LogP contribution in [0, 0.1) is 3.57 Å². The zero-order valence-electron chi connectivity index (χ0n) is 8.66. The topological polar surface area (TPSA) is 30.2 Å². The molecule has 1 fully saturated rings. The third-order valence-electron chi connectivity index (χ3n) is 3.14. The summed E-state index contributed by atoms with van der Waals surface area (Å²) in [6.45, 7) is 0. The summed E-state index contributed by atoms with van der Waals surface area (Å²) in [5.74, 6) is 1.50. The van der Waals surface area contributed by atoms with E-state index in [9.17, 15) is 0 Å². The van der Waals surface area contributed by atoms with Crippen LogP contribution in [0.2, 0.25) is 5.02 Å². The molecule has 1 saturated carbocycles. The van der Waals surface area contributed by atoms with Crippen molar-refractivity contribution in [2.75, 3.05) is 0 Å². The minimum Gasteiger partial charge on any atom is -0.219 e. The van der Waals surface area contributed by atoms with Gasteiger partial charge in [0.1, 0.15) is 0 Å². The Hall–Kier alpha value is -0.360. The van der Waals surface area contributed by atoms with Crippen molar-refractivity contribution in [3.63, 3.8) is 0 Å². The van der Waals surface area contributed by atoms with Crippen molar-refractivity contribution < 1.29 is 0 Å². The number of hydrogen-bond donors (Lipinski definition) is 0. The number of hydrogen-bond acceptors (Lipinski definition) is 2. The highest BCUT2D eigenvalue weighted by atomic mass is 127. The van der Waals surface area contributed by atoms with Gasteiger partial charge in [0.05, 0.1) is 5.02 Å². The monoisotopic (exact) mass is 347 g/mol. The minimum absolute atomic E-state index is 0.536. The van der Waals surface area contributed by atoms with Crippen LogP contribution in [0.1, 0.15) is 37.4 Å². The second kappa shape index (κ2) is 4.14. The Kier molecular flexibility index (Phi) is 2.79. The summed E-state index contributed by atoms with van der Waals surface area (Å²) >= 11 is 8.43. The number of aromatic nitrogens is 3. The van der Waals surface area contributed by atoms with Gasteiger partial charge in [-0.3, -0.25) is 0 Å². The van der Waals surface area contributed by atoms with Gasteiger partial charge in [0, 0.05) is 15.7 Å². The number of fused-ring (bicyclic) bond motifs is 1.